The van der Waals surface area contributed by atoms with Crippen LogP contribution >= 0.6 is 11.3 Å². The molecule has 1 rings (SSSR count). The van der Waals surface area contributed by atoms with Gasteiger partial charge >= 0.3 is 0 Å². The molecule has 0 aliphatic heterocycles. The average Bonchev–Trinajstić information content (AvgIpc) is 2.78. The van der Waals surface area contributed by atoms with Crippen molar-refractivity contribution < 1.29 is 4.79 Å². The quantitative estimate of drug-likeness (QED) is 0.856. The van der Waals surface area contributed by atoms with Crippen molar-refractivity contribution in [3.05, 3.63) is 16.1 Å². The molecule has 1 heterocycles. The van der Waals surface area contributed by atoms with Gasteiger partial charge in [-0.05, 0) is 12.8 Å². The summed E-state index contributed by atoms with van der Waals surface area (Å²) >= 11 is 1.44. The number of aromatic nitrogens is 1. The van der Waals surface area contributed by atoms with Crippen molar-refractivity contribution in [1.82, 2.24) is 9.88 Å². The van der Waals surface area contributed by atoms with Crippen molar-refractivity contribution in [2.75, 3.05) is 7.05 Å². The molecule has 2 N–H and O–H groups in total. The maximum atomic E-state index is 12.1. The van der Waals surface area contributed by atoms with Crippen LogP contribution in [0.4, 0.5) is 0 Å². The first kappa shape index (κ1) is 13.1. The summed E-state index contributed by atoms with van der Waals surface area (Å²) in [7, 11) is 1.83. The molecule has 1 aromatic rings. The number of carbonyl (C=O) groups is 1. The van der Waals surface area contributed by atoms with Gasteiger partial charge in [-0.15, -0.1) is 11.3 Å². The minimum Gasteiger partial charge on any atom is -0.337 e. The highest BCUT2D eigenvalue weighted by Gasteiger charge is 2.20. The van der Waals surface area contributed by atoms with Crippen LogP contribution in [0.1, 0.15) is 42.2 Å². The van der Waals surface area contributed by atoms with Crippen molar-refractivity contribution in [1.29, 1.82) is 0 Å². The van der Waals surface area contributed by atoms with Crippen LogP contribution in [0, 0.1) is 0 Å². The fourth-order valence-corrected chi connectivity index (χ4v) is 2.33. The van der Waals surface area contributed by atoms with E-state index in [1.54, 1.807) is 10.3 Å². The molecule has 0 fully saturated rings. The van der Waals surface area contributed by atoms with Gasteiger partial charge in [-0.1, -0.05) is 13.8 Å². The summed E-state index contributed by atoms with van der Waals surface area (Å²) in [5.74, 6) is -0.00958. The summed E-state index contributed by atoms with van der Waals surface area (Å²) in [6.07, 6.45) is 1.93. The minimum atomic E-state index is -0.00958. The highest BCUT2D eigenvalue weighted by Crippen LogP contribution is 2.14. The predicted molar refractivity (Wildman–Crippen MR) is 66.5 cm³/mol. The molecule has 90 valence electrons. The molecule has 1 amide bonds. The molecule has 16 heavy (non-hydrogen) atoms. The third-order valence-corrected chi connectivity index (χ3v) is 3.63. The summed E-state index contributed by atoms with van der Waals surface area (Å²) < 4.78 is 0. The van der Waals surface area contributed by atoms with Crippen LogP contribution in [0.5, 0.6) is 0 Å². The van der Waals surface area contributed by atoms with E-state index in [0.717, 1.165) is 17.8 Å². The molecule has 4 nitrogen and oxygen atoms in total. The van der Waals surface area contributed by atoms with Crippen molar-refractivity contribution in [2.45, 2.75) is 39.3 Å². The van der Waals surface area contributed by atoms with Crippen LogP contribution in [0.25, 0.3) is 0 Å². The standard InChI is InChI=1S/C11H19N3OS/c1-4-8(5-2)14(3)11(15)9-7-16-10(6-12)13-9/h7-8H,4-6,12H2,1-3H3. The topological polar surface area (TPSA) is 59.2 Å². The second kappa shape index (κ2) is 5.96. The van der Waals surface area contributed by atoms with Crippen molar-refractivity contribution in [3.63, 3.8) is 0 Å². The Balaban J connectivity index is 2.76. The van der Waals surface area contributed by atoms with Crippen LogP contribution in [-0.2, 0) is 6.54 Å². The lowest BCUT2D eigenvalue weighted by molar-refractivity contribution is 0.0718. The number of nitrogens with zero attached hydrogens (tertiary/aromatic N) is 2. The Morgan fingerprint density at radius 3 is 2.62 bits per heavy atom. The van der Waals surface area contributed by atoms with E-state index in [9.17, 15) is 4.79 Å². The number of carbonyl (C=O) groups excluding carboxylic acids is 1. The zero-order chi connectivity index (χ0) is 12.1. The van der Waals surface area contributed by atoms with Crippen LogP contribution in [-0.4, -0.2) is 28.9 Å². The summed E-state index contributed by atoms with van der Waals surface area (Å²) in [6, 6.07) is 0.288. The number of rotatable bonds is 5. The first-order chi connectivity index (χ1) is 7.63. The first-order valence-corrected chi connectivity index (χ1v) is 6.43. The third kappa shape index (κ3) is 2.80. The van der Waals surface area contributed by atoms with E-state index in [4.69, 9.17) is 5.73 Å². The molecule has 0 aliphatic rings. The highest BCUT2D eigenvalue weighted by molar-refractivity contribution is 7.09. The normalized spacial score (nSPS) is 10.8. The number of nitrogens with two attached hydrogens (primary N) is 1. The Hall–Kier alpha value is -0.940. The van der Waals surface area contributed by atoms with Crippen LogP contribution in [0.2, 0.25) is 0 Å². The van der Waals surface area contributed by atoms with Crippen molar-refractivity contribution in [3.8, 4) is 0 Å². The Labute approximate surface area is 100 Å². The number of hydrogen-bond donors (Lipinski definition) is 1. The number of hydrogen-bond acceptors (Lipinski definition) is 4. The lowest BCUT2D eigenvalue weighted by atomic mass is 10.1. The fourth-order valence-electron chi connectivity index (χ4n) is 1.69. The average molecular weight is 241 g/mol. The second-order valence-electron chi connectivity index (χ2n) is 3.72. The third-order valence-electron chi connectivity index (χ3n) is 2.76. The molecule has 5 heteroatoms. The van der Waals surface area contributed by atoms with Gasteiger partial charge in [0, 0.05) is 25.0 Å². The predicted octanol–water partition coefficient (Wildman–Crippen LogP) is 1.86. The number of amides is 1. The lowest BCUT2D eigenvalue weighted by Gasteiger charge is -2.25. The van der Waals surface area contributed by atoms with E-state index < -0.39 is 0 Å². The molecule has 0 atom stereocenters. The van der Waals surface area contributed by atoms with E-state index in [1.807, 2.05) is 7.05 Å². The van der Waals surface area contributed by atoms with Gasteiger partial charge in [-0.2, -0.15) is 0 Å². The van der Waals surface area contributed by atoms with Gasteiger partial charge < -0.3 is 10.6 Å². The molecule has 0 aromatic carbocycles. The van der Waals surface area contributed by atoms with E-state index in [1.165, 1.54) is 11.3 Å². The largest absolute Gasteiger partial charge is 0.337 e. The summed E-state index contributed by atoms with van der Waals surface area (Å²) in [5.41, 5.74) is 5.99. The molecule has 0 spiro atoms. The zero-order valence-corrected chi connectivity index (χ0v) is 10.9. The van der Waals surface area contributed by atoms with Crippen LogP contribution in [0.15, 0.2) is 5.38 Å². The molecule has 0 unspecified atom stereocenters. The molecule has 0 bridgehead atoms. The molecular weight excluding hydrogens is 222 g/mol. The highest BCUT2D eigenvalue weighted by atomic mass is 32.1. The van der Waals surface area contributed by atoms with Crippen LogP contribution in [0.3, 0.4) is 0 Å². The van der Waals surface area contributed by atoms with Gasteiger partial charge in [0.05, 0.1) is 0 Å². The molecule has 1 aromatic heterocycles. The van der Waals surface area contributed by atoms with Gasteiger partial charge in [0.15, 0.2) is 0 Å². The van der Waals surface area contributed by atoms with Gasteiger partial charge in [0.2, 0.25) is 0 Å². The van der Waals surface area contributed by atoms with E-state index >= 15 is 0 Å². The molecule has 0 saturated carbocycles. The molecule has 0 radical (unpaired) electrons. The minimum absolute atomic E-state index is 0.00958. The van der Waals surface area contributed by atoms with Crippen molar-refractivity contribution >= 4 is 17.2 Å². The summed E-state index contributed by atoms with van der Waals surface area (Å²) in [5, 5.41) is 2.59. The summed E-state index contributed by atoms with van der Waals surface area (Å²) in [4.78, 5) is 18.0. The lowest BCUT2D eigenvalue weighted by Crippen LogP contribution is -2.36. The first-order valence-electron chi connectivity index (χ1n) is 5.55. The van der Waals surface area contributed by atoms with Gasteiger partial charge in [0.25, 0.3) is 5.91 Å². The van der Waals surface area contributed by atoms with E-state index in [0.29, 0.717) is 12.2 Å². The zero-order valence-electron chi connectivity index (χ0n) is 10.1. The van der Waals surface area contributed by atoms with E-state index in [-0.39, 0.29) is 11.9 Å². The smallest absolute Gasteiger partial charge is 0.273 e. The van der Waals surface area contributed by atoms with Gasteiger partial charge in [-0.3, -0.25) is 4.79 Å². The Bertz CT molecular complexity index is 347. The SMILES string of the molecule is CCC(CC)N(C)C(=O)c1csc(CN)n1. The molecule has 0 saturated heterocycles. The summed E-state index contributed by atoms with van der Waals surface area (Å²) in [6.45, 7) is 4.57. The number of thiazole rings is 1. The van der Waals surface area contributed by atoms with Gasteiger partial charge in [0.1, 0.15) is 10.7 Å². The molecule has 0 aliphatic carbocycles. The maximum Gasteiger partial charge on any atom is 0.273 e. The molecular formula is C11H19N3OS. The van der Waals surface area contributed by atoms with Crippen LogP contribution < -0.4 is 5.73 Å². The Morgan fingerprint density at radius 2 is 2.19 bits per heavy atom. The Morgan fingerprint density at radius 1 is 1.56 bits per heavy atom. The van der Waals surface area contributed by atoms with Gasteiger partial charge in [-0.25, -0.2) is 4.98 Å². The fraction of sp³-hybridized carbons (Fsp3) is 0.636. The maximum absolute atomic E-state index is 12.1. The second-order valence-corrected chi connectivity index (χ2v) is 4.66. The monoisotopic (exact) mass is 241 g/mol. The van der Waals surface area contributed by atoms with Crippen molar-refractivity contribution in [2.24, 2.45) is 5.73 Å². The van der Waals surface area contributed by atoms with E-state index in [2.05, 4.69) is 18.8 Å². The Kier molecular flexibility index (Phi) is 4.89.